The Balaban J connectivity index is 2.49. The van der Waals surface area contributed by atoms with E-state index < -0.39 is 4.92 Å². The van der Waals surface area contributed by atoms with Crippen LogP contribution >= 0.6 is 11.6 Å². The second-order valence-corrected chi connectivity index (χ2v) is 4.24. The van der Waals surface area contributed by atoms with E-state index in [1.807, 2.05) is 0 Å². The lowest BCUT2D eigenvalue weighted by Gasteiger charge is -2.16. The van der Waals surface area contributed by atoms with Crippen molar-refractivity contribution in [2.45, 2.75) is 12.5 Å². The summed E-state index contributed by atoms with van der Waals surface area (Å²) in [7, 11) is 0. The molecule has 2 N–H and O–H groups in total. The maximum absolute atomic E-state index is 11.7. The summed E-state index contributed by atoms with van der Waals surface area (Å²) in [5.41, 5.74) is 5.61. The highest BCUT2D eigenvalue weighted by Gasteiger charge is 2.33. The SMILES string of the molecule is NC1CC(=O)N(c2cccc(Cl)c2[N+](=O)[O-])C1. The van der Waals surface area contributed by atoms with E-state index >= 15 is 0 Å². The maximum Gasteiger partial charge on any atom is 0.311 e. The quantitative estimate of drug-likeness (QED) is 0.637. The molecule has 1 unspecified atom stereocenters. The second-order valence-electron chi connectivity index (χ2n) is 3.83. The number of nitro benzene ring substituents is 1. The number of hydrogen-bond acceptors (Lipinski definition) is 4. The third kappa shape index (κ3) is 2.09. The number of carbonyl (C=O) groups excluding carboxylic acids is 1. The highest BCUT2D eigenvalue weighted by molar-refractivity contribution is 6.33. The van der Waals surface area contributed by atoms with Gasteiger partial charge in [0.2, 0.25) is 5.91 Å². The van der Waals surface area contributed by atoms with Gasteiger partial charge in [-0.1, -0.05) is 17.7 Å². The fraction of sp³-hybridized carbons (Fsp3) is 0.300. The summed E-state index contributed by atoms with van der Waals surface area (Å²) < 4.78 is 0. The summed E-state index contributed by atoms with van der Waals surface area (Å²) >= 11 is 5.78. The van der Waals surface area contributed by atoms with Gasteiger partial charge in [-0.3, -0.25) is 14.9 Å². The summed E-state index contributed by atoms with van der Waals surface area (Å²) in [6, 6.07) is 4.20. The molecule has 7 heteroatoms. The first-order valence-corrected chi connectivity index (χ1v) is 5.37. The minimum Gasteiger partial charge on any atom is -0.326 e. The van der Waals surface area contributed by atoms with Crippen molar-refractivity contribution in [3.63, 3.8) is 0 Å². The van der Waals surface area contributed by atoms with Crippen LogP contribution in [0.5, 0.6) is 0 Å². The normalized spacial score (nSPS) is 19.8. The molecule has 0 spiro atoms. The van der Waals surface area contributed by atoms with Gasteiger partial charge in [0.15, 0.2) is 0 Å². The van der Waals surface area contributed by atoms with E-state index in [0.717, 1.165) is 0 Å². The van der Waals surface area contributed by atoms with Gasteiger partial charge in [0.05, 0.1) is 4.92 Å². The highest BCUT2D eigenvalue weighted by atomic mass is 35.5. The predicted octanol–water partition coefficient (Wildman–Crippen LogP) is 1.31. The van der Waals surface area contributed by atoms with Crippen molar-refractivity contribution in [1.82, 2.24) is 0 Å². The molecule has 0 aromatic heterocycles. The molecule has 1 fully saturated rings. The number of halogens is 1. The third-order valence-electron chi connectivity index (χ3n) is 2.59. The molecule has 1 aromatic carbocycles. The monoisotopic (exact) mass is 255 g/mol. The summed E-state index contributed by atoms with van der Waals surface area (Å²) in [5, 5.41) is 11.0. The van der Waals surface area contributed by atoms with Gasteiger partial charge in [-0.25, -0.2) is 0 Å². The lowest BCUT2D eigenvalue weighted by atomic mass is 10.2. The van der Waals surface area contributed by atoms with Crippen LogP contribution in [0.4, 0.5) is 11.4 Å². The summed E-state index contributed by atoms with van der Waals surface area (Å²) in [6.45, 7) is 0.278. The van der Waals surface area contributed by atoms with E-state index in [-0.39, 0.29) is 41.3 Å². The largest absolute Gasteiger partial charge is 0.326 e. The van der Waals surface area contributed by atoms with Gasteiger partial charge in [0.1, 0.15) is 10.7 Å². The molecule has 1 heterocycles. The number of nitrogens with two attached hydrogens (primary N) is 1. The number of nitro groups is 1. The molecule has 1 saturated heterocycles. The molecule has 0 aliphatic carbocycles. The molecule has 1 atom stereocenters. The van der Waals surface area contributed by atoms with Crippen LogP contribution in [-0.2, 0) is 4.79 Å². The Bertz CT molecular complexity index is 492. The fourth-order valence-corrected chi connectivity index (χ4v) is 2.11. The molecular weight excluding hydrogens is 246 g/mol. The first-order valence-electron chi connectivity index (χ1n) is 4.99. The van der Waals surface area contributed by atoms with E-state index in [2.05, 4.69) is 0 Å². The van der Waals surface area contributed by atoms with Gasteiger partial charge in [0, 0.05) is 19.0 Å². The Morgan fingerprint density at radius 3 is 2.76 bits per heavy atom. The number of benzene rings is 1. The van der Waals surface area contributed by atoms with Gasteiger partial charge in [-0.05, 0) is 12.1 Å². The van der Waals surface area contributed by atoms with Crippen molar-refractivity contribution < 1.29 is 9.72 Å². The minimum atomic E-state index is -0.589. The minimum absolute atomic E-state index is 0.0146. The van der Waals surface area contributed by atoms with Crippen molar-refractivity contribution in [1.29, 1.82) is 0 Å². The number of nitrogens with zero attached hydrogens (tertiary/aromatic N) is 2. The lowest BCUT2D eigenvalue weighted by molar-refractivity contribution is -0.383. The molecule has 90 valence electrons. The average Bonchev–Trinajstić information content (AvgIpc) is 2.56. The van der Waals surface area contributed by atoms with Crippen LogP contribution in [0.3, 0.4) is 0 Å². The van der Waals surface area contributed by atoms with Gasteiger partial charge in [-0.15, -0.1) is 0 Å². The van der Waals surface area contributed by atoms with E-state index in [1.54, 1.807) is 6.07 Å². The Labute approximate surface area is 102 Å². The first-order chi connectivity index (χ1) is 8.00. The number of anilines is 1. The average molecular weight is 256 g/mol. The summed E-state index contributed by atoms with van der Waals surface area (Å²) in [4.78, 5) is 23.3. The molecule has 1 aliphatic rings. The topological polar surface area (TPSA) is 89.5 Å². The Hall–Kier alpha value is -1.66. The number of rotatable bonds is 2. The zero-order chi connectivity index (χ0) is 12.6. The molecule has 1 aromatic rings. The van der Waals surface area contributed by atoms with E-state index in [1.165, 1.54) is 17.0 Å². The van der Waals surface area contributed by atoms with Gasteiger partial charge < -0.3 is 10.6 Å². The molecule has 0 bridgehead atoms. The predicted molar refractivity (Wildman–Crippen MR) is 63.1 cm³/mol. The molecule has 0 saturated carbocycles. The number of amides is 1. The van der Waals surface area contributed by atoms with Crippen LogP contribution in [0.2, 0.25) is 5.02 Å². The number of hydrogen-bond donors (Lipinski definition) is 1. The van der Waals surface area contributed by atoms with Crippen LogP contribution in [-0.4, -0.2) is 23.4 Å². The zero-order valence-corrected chi connectivity index (χ0v) is 9.55. The standard InChI is InChI=1S/C10H10ClN3O3/c11-7-2-1-3-8(10(7)14(16)17)13-5-6(12)4-9(13)15/h1-3,6H,4-5,12H2. The van der Waals surface area contributed by atoms with Crippen molar-refractivity contribution in [2.24, 2.45) is 5.73 Å². The van der Waals surface area contributed by atoms with Crippen molar-refractivity contribution in [3.05, 3.63) is 33.3 Å². The van der Waals surface area contributed by atoms with Gasteiger partial charge in [-0.2, -0.15) is 0 Å². The van der Waals surface area contributed by atoms with Gasteiger partial charge in [0.25, 0.3) is 0 Å². The second kappa shape index (κ2) is 4.31. The van der Waals surface area contributed by atoms with Crippen LogP contribution in [0.25, 0.3) is 0 Å². The molecule has 1 aliphatic heterocycles. The van der Waals surface area contributed by atoms with E-state index in [9.17, 15) is 14.9 Å². The smallest absolute Gasteiger partial charge is 0.311 e. The molecule has 0 radical (unpaired) electrons. The molecule has 1 amide bonds. The first kappa shape index (κ1) is 11.8. The van der Waals surface area contributed by atoms with Crippen LogP contribution in [0.1, 0.15) is 6.42 Å². The van der Waals surface area contributed by atoms with E-state index in [4.69, 9.17) is 17.3 Å². The van der Waals surface area contributed by atoms with Crippen LogP contribution < -0.4 is 10.6 Å². The molecule has 2 rings (SSSR count). The number of para-hydroxylation sites is 1. The summed E-state index contributed by atoms with van der Waals surface area (Å²) in [5.74, 6) is -0.220. The zero-order valence-electron chi connectivity index (χ0n) is 8.80. The van der Waals surface area contributed by atoms with Gasteiger partial charge >= 0.3 is 5.69 Å². The van der Waals surface area contributed by atoms with Crippen molar-refractivity contribution in [2.75, 3.05) is 11.4 Å². The molecule has 6 nitrogen and oxygen atoms in total. The van der Waals surface area contributed by atoms with Crippen LogP contribution in [0, 0.1) is 10.1 Å². The van der Waals surface area contributed by atoms with Crippen molar-refractivity contribution >= 4 is 28.9 Å². The Morgan fingerprint density at radius 1 is 1.53 bits per heavy atom. The Kier molecular flexibility index (Phi) is 2.99. The molecule has 17 heavy (non-hydrogen) atoms. The fourth-order valence-electron chi connectivity index (χ4n) is 1.87. The number of carbonyl (C=O) groups is 1. The van der Waals surface area contributed by atoms with E-state index in [0.29, 0.717) is 0 Å². The Morgan fingerprint density at radius 2 is 2.24 bits per heavy atom. The molecular formula is C10H10ClN3O3. The third-order valence-corrected chi connectivity index (χ3v) is 2.90. The van der Waals surface area contributed by atoms with Crippen LogP contribution in [0.15, 0.2) is 18.2 Å². The summed E-state index contributed by atoms with van der Waals surface area (Å²) in [6.07, 6.45) is 0.198. The maximum atomic E-state index is 11.7. The van der Waals surface area contributed by atoms with Crippen molar-refractivity contribution in [3.8, 4) is 0 Å². The highest BCUT2D eigenvalue weighted by Crippen LogP contribution is 2.36. The lowest BCUT2D eigenvalue weighted by Crippen LogP contribution is -2.28.